The third-order valence-electron chi connectivity index (χ3n) is 7.75. The van der Waals surface area contributed by atoms with Crippen LogP contribution in [0.2, 0.25) is 0 Å². The number of piperidine rings is 1. The number of rotatable bonds is 4. The van der Waals surface area contributed by atoms with E-state index in [1.165, 1.54) is 16.7 Å². The minimum atomic E-state index is -0.325. The summed E-state index contributed by atoms with van der Waals surface area (Å²) in [5, 5.41) is 0. The first-order chi connectivity index (χ1) is 14.5. The Labute approximate surface area is 188 Å². The van der Waals surface area contributed by atoms with Crippen molar-refractivity contribution in [3.05, 3.63) is 77.5 Å². The van der Waals surface area contributed by atoms with Gasteiger partial charge in [0.25, 0.3) is 0 Å². The molecule has 2 saturated heterocycles. The fraction of sp³-hybridized carbons (Fsp3) is 0.481. The molecule has 0 saturated carbocycles. The number of hydrogen-bond acceptors (Lipinski definition) is 3. The van der Waals surface area contributed by atoms with Crippen LogP contribution in [0.15, 0.2) is 60.8 Å². The maximum Gasteiger partial charge on any atom is 0.494 e. The van der Waals surface area contributed by atoms with Crippen molar-refractivity contribution in [2.45, 2.75) is 71.0 Å². The van der Waals surface area contributed by atoms with Gasteiger partial charge in [0.1, 0.15) is 0 Å². The number of benzene rings is 2. The van der Waals surface area contributed by atoms with Crippen LogP contribution < -0.4 is 5.46 Å². The third-order valence-corrected chi connectivity index (χ3v) is 7.75. The van der Waals surface area contributed by atoms with E-state index >= 15 is 0 Å². The molecule has 2 aromatic carbocycles. The minimum absolute atomic E-state index is 0.0219. The van der Waals surface area contributed by atoms with E-state index in [1.54, 1.807) is 0 Å². The molecule has 2 fully saturated rings. The second-order valence-corrected chi connectivity index (χ2v) is 10.4. The third kappa shape index (κ3) is 3.96. The van der Waals surface area contributed by atoms with Gasteiger partial charge in [-0.2, -0.15) is 0 Å². The molecule has 0 N–H and O–H groups in total. The molecule has 2 aliphatic rings. The zero-order valence-corrected chi connectivity index (χ0v) is 20.0. The molecule has 0 amide bonds. The monoisotopic (exact) mass is 417 g/mol. The summed E-state index contributed by atoms with van der Waals surface area (Å²) in [6.07, 6.45) is 2.16. The van der Waals surface area contributed by atoms with Crippen molar-refractivity contribution in [2.24, 2.45) is 0 Å². The SMILES string of the molecule is C=C(C)N1CCC(c2ccc(C)cc2)(c2ccc(B3OC(C)(C)C(C)(C)O3)cc2)CC1. The average Bonchev–Trinajstić information content (AvgIpc) is 2.96. The summed E-state index contributed by atoms with van der Waals surface area (Å²) >= 11 is 0. The molecular formula is C27H36BNO2. The molecule has 31 heavy (non-hydrogen) atoms. The van der Waals surface area contributed by atoms with Crippen LogP contribution in [0.3, 0.4) is 0 Å². The van der Waals surface area contributed by atoms with Gasteiger partial charge >= 0.3 is 7.12 Å². The number of aryl methyl sites for hydroxylation is 1. The Balaban J connectivity index is 1.65. The molecule has 0 aromatic heterocycles. The second kappa shape index (κ2) is 7.83. The van der Waals surface area contributed by atoms with Crippen molar-refractivity contribution in [3.63, 3.8) is 0 Å². The predicted octanol–water partition coefficient (Wildman–Crippen LogP) is 5.21. The van der Waals surface area contributed by atoms with Crippen LogP contribution in [0, 0.1) is 6.92 Å². The lowest BCUT2D eigenvalue weighted by molar-refractivity contribution is 0.00578. The summed E-state index contributed by atoms with van der Waals surface area (Å²) in [5.74, 6) is 0. The van der Waals surface area contributed by atoms with Gasteiger partial charge in [-0.25, -0.2) is 0 Å². The van der Waals surface area contributed by atoms with E-state index < -0.39 is 0 Å². The molecule has 4 heteroatoms. The molecule has 2 heterocycles. The van der Waals surface area contributed by atoms with Crippen molar-refractivity contribution in [3.8, 4) is 0 Å². The number of hydrogen-bond donors (Lipinski definition) is 0. The molecule has 0 bridgehead atoms. The molecule has 2 aliphatic heterocycles. The number of likely N-dealkylation sites (tertiary alicyclic amines) is 1. The summed E-state index contributed by atoms with van der Waals surface area (Å²) in [7, 11) is -0.320. The molecule has 0 atom stereocenters. The van der Waals surface area contributed by atoms with E-state index in [1.807, 2.05) is 0 Å². The van der Waals surface area contributed by atoms with Gasteiger partial charge in [-0.15, -0.1) is 0 Å². The van der Waals surface area contributed by atoms with Gasteiger partial charge in [-0.1, -0.05) is 60.7 Å². The average molecular weight is 417 g/mol. The van der Waals surface area contributed by atoms with Crippen molar-refractivity contribution in [1.82, 2.24) is 4.90 Å². The lowest BCUT2D eigenvalue weighted by Crippen LogP contribution is -2.42. The highest BCUT2D eigenvalue weighted by molar-refractivity contribution is 6.62. The van der Waals surface area contributed by atoms with Crippen LogP contribution in [-0.4, -0.2) is 36.3 Å². The lowest BCUT2D eigenvalue weighted by Gasteiger charge is -2.44. The number of allylic oxidation sites excluding steroid dienone is 1. The van der Waals surface area contributed by atoms with Gasteiger partial charge in [-0.05, 0) is 71.0 Å². The van der Waals surface area contributed by atoms with Crippen LogP contribution in [0.1, 0.15) is 64.2 Å². The summed E-state index contributed by atoms with van der Waals surface area (Å²) in [6, 6.07) is 18.1. The van der Waals surface area contributed by atoms with Gasteiger partial charge in [0.15, 0.2) is 0 Å². The van der Waals surface area contributed by atoms with Crippen molar-refractivity contribution < 1.29 is 9.31 Å². The molecule has 4 rings (SSSR count). The fourth-order valence-corrected chi connectivity index (χ4v) is 4.83. The van der Waals surface area contributed by atoms with Gasteiger partial charge in [0.2, 0.25) is 0 Å². The molecule has 0 radical (unpaired) electrons. The molecule has 0 spiro atoms. The van der Waals surface area contributed by atoms with E-state index in [2.05, 4.69) is 102 Å². The van der Waals surface area contributed by atoms with Crippen molar-refractivity contribution in [1.29, 1.82) is 0 Å². The number of nitrogens with zero attached hydrogens (tertiary/aromatic N) is 1. The first-order valence-electron chi connectivity index (χ1n) is 11.5. The highest BCUT2D eigenvalue weighted by Gasteiger charge is 2.51. The summed E-state index contributed by atoms with van der Waals surface area (Å²) in [4.78, 5) is 2.41. The molecule has 0 unspecified atom stereocenters. The smallest absolute Gasteiger partial charge is 0.399 e. The van der Waals surface area contributed by atoms with Crippen molar-refractivity contribution in [2.75, 3.05) is 13.1 Å². The topological polar surface area (TPSA) is 21.7 Å². The zero-order chi connectivity index (χ0) is 22.4. The van der Waals surface area contributed by atoms with Gasteiger partial charge in [0, 0.05) is 24.2 Å². The summed E-state index contributed by atoms with van der Waals surface area (Å²) in [5.41, 5.74) is 5.70. The van der Waals surface area contributed by atoms with Crippen LogP contribution in [0.5, 0.6) is 0 Å². The maximum absolute atomic E-state index is 6.26. The molecule has 0 aliphatic carbocycles. The van der Waals surface area contributed by atoms with Gasteiger partial charge in [-0.3, -0.25) is 0 Å². The first kappa shape index (κ1) is 22.2. The van der Waals surface area contributed by atoms with E-state index in [9.17, 15) is 0 Å². The van der Waals surface area contributed by atoms with E-state index in [0.29, 0.717) is 0 Å². The predicted molar refractivity (Wildman–Crippen MR) is 130 cm³/mol. The molecule has 2 aromatic rings. The highest BCUT2D eigenvalue weighted by atomic mass is 16.7. The van der Waals surface area contributed by atoms with Crippen LogP contribution in [-0.2, 0) is 14.7 Å². The van der Waals surface area contributed by atoms with E-state index in [0.717, 1.165) is 37.1 Å². The van der Waals surface area contributed by atoms with Crippen LogP contribution in [0.4, 0.5) is 0 Å². The minimum Gasteiger partial charge on any atom is -0.399 e. The Bertz CT molecular complexity index is 922. The lowest BCUT2D eigenvalue weighted by atomic mass is 9.67. The Hall–Kier alpha value is -2.04. The first-order valence-corrected chi connectivity index (χ1v) is 11.5. The van der Waals surface area contributed by atoms with Crippen LogP contribution >= 0.6 is 0 Å². The maximum atomic E-state index is 6.26. The van der Waals surface area contributed by atoms with Gasteiger partial charge < -0.3 is 14.2 Å². The normalized spacial score (nSPS) is 21.9. The van der Waals surface area contributed by atoms with Gasteiger partial charge in [0.05, 0.1) is 11.2 Å². The highest BCUT2D eigenvalue weighted by Crippen LogP contribution is 2.42. The van der Waals surface area contributed by atoms with Crippen molar-refractivity contribution >= 4 is 12.6 Å². The van der Waals surface area contributed by atoms with Crippen LogP contribution in [0.25, 0.3) is 0 Å². The Morgan fingerprint density at radius 3 is 1.74 bits per heavy atom. The Morgan fingerprint density at radius 1 is 0.839 bits per heavy atom. The Morgan fingerprint density at radius 2 is 1.29 bits per heavy atom. The summed E-state index contributed by atoms with van der Waals surface area (Å²) < 4.78 is 12.5. The zero-order valence-electron chi connectivity index (χ0n) is 20.0. The van der Waals surface area contributed by atoms with E-state index in [4.69, 9.17) is 9.31 Å². The van der Waals surface area contributed by atoms with E-state index in [-0.39, 0.29) is 23.7 Å². The summed E-state index contributed by atoms with van der Waals surface area (Å²) in [6.45, 7) is 18.9. The second-order valence-electron chi connectivity index (χ2n) is 10.4. The fourth-order valence-electron chi connectivity index (χ4n) is 4.83. The molecule has 164 valence electrons. The standard InChI is InChI=1S/C27H36BNO2/c1-20(2)29-18-16-27(17-19-29,22-10-8-21(3)9-11-22)23-12-14-24(15-13-23)28-30-25(4,5)26(6,7)31-28/h8-15H,1,16-19H2,2-7H3. The quantitative estimate of drug-likeness (QED) is 0.638. The molecular weight excluding hydrogens is 381 g/mol. The largest absolute Gasteiger partial charge is 0.494 e. The Kier molecular flexibility index (Phi) is 5.60. The molecule has 3 nitrogen and oxygen atoms in total.